The predicted octanol–water partition coefficient (Wildman–Crippen LogP) is 10.4. The topological polar surface area (TPSA) is 29.3 Å². The summed E-state index contributed by atoms with van der Waals surface area (Å²) < 4.78 is 6.21. The number of hydrogen-bond donors (Lipinski definition) is 0. The van der Waals surface area contributed by atoms with Crippen molar-refractivity contribution in [1.29, 1.82) is 0 Å². The first-order valence-corrected chi connectivity index (χ1v) is 13.5. The lowest BCUT2D eigenvalue weighted by Crippen LogP contribution is -2.12. The van der Waals surface area contributed by atoms with Gasteiger partial charge in [-0.1, -0.05) is 109 Å². The van der Waals surface area contributed by atoms with E-state index in [1.54, 1.807) is 0 Å². The molecule has 0 bridgehead atoms. The molecule has 0 unspecified atom stereocenters. The molecule has 0 aliphatic heterocycles. The van der Waals surface area contributed by atoms with Gasteiger partial charge in [-0.3, -0.25) is 4.90 Å². The molecule has 3 nitrogen and oxygen atoms in total. The number of benzene rings is 6. The second-order valence-electron chi connectivity index (χ2n) is 10.0. The molecule has 0 aliphatic carbocycles. The second kappa shape index (κ2) is 9.11. The van der Waals surface area contributed by atoms with Crippen LogP contribution < -0.4 is 4.90 Å². The smallest absolute Gasteiger partial charge is 0.229 e. The first-order valence-electron chi connectivity index (χ1n) is 13.5. The number of para-hydroxylation sites is 1. The van der Waals surface area contributed by atoms with Crippen molar-refractivity contribution in [3.05, 3.63) is 146 Å². The number of nitrogens with zero attached hydrogens (tertiary/aromatic N) is 2. The number of hydrogen-bond acceptors (Lipinski definition) is 3. The highest BCUT2D eigenvalue weighted by molar-refractivity contribution is 6.14. The number of furan rings is 1. The third-order valence-corrected chi connectivity index (χ3v) is 7.68. The third-order valence-electron chi connectivity index (χ3n) is 7.68. The Morgan fingerprint density at radius 2 is 1.12 bits per heavy atom. The lowest BCUT2D eigenvalue weighted by atomic mass is 9.99. The number of fused-ring (bicyclic) bond motifs is 6. The van der Waals surface area contributed by atoms with Crippen LogP contribution in [-0.4, -0.2) is 4.98 Å². The van der Waals surface area contributed by atoms with Gasteiger partial charge in [0.25, 0.3) is 0 Å². The molecule has 0 N–H and O–H groups in total. The fraction of sp³-hybridized carbons (Fsp3) is 0. The molecule has 8 rings (SSSR count). The van der Waals surface area contributed by atoms with Gasteiger partial charge in [0.2, 0.25) is 5.71 Å². The van der Waals surface area contributed by atoms with Crippen LogP contribution >= 0.6 is 0 Å². The fourth-order valence-electron chi connectivity index (χ4n) is 5.77. The molecule has 8 aromatic rings. The molecule has 3 heteroatoms. The normalized spacial score (nSPS) is 11.5. The van der Waals surface area contributed by atoms with Crippen molar-refractivity contribution in [2.24, 2.45) is 0 Å². The molecule has 0 atom stereocenters. The van der Waals surface area contributed by atoms with Gasteiger partial charge in [0, 0.05) is 21.8 Å². The molecular formula is C37H24N2O. The molecular weight excluding hydrogens is 488 g/mol. The fourth-order valence-corrected chi connectivity index (χ4v) is 5.77. The van der Waals surface area contributed by atoms with Crippen molar-refractivity contribution in [3.8, 4) is 11.1 Å². The van der Waals surface area contributed by atoms with E-state index in [4.69, 9.17) is 9.40 Å². The summed E-state index contributed by atoms with van der Waals surface area (Å²) in [5.41, 5.74) is 5.95. The Morgan fingerprint density at radius 3 is 1.95 bits per heavy atom. The standard InChI is InChI=1S/C37H24N2O/c1-2-10-25(11-3-1)26-18-20-28(21-19-26)39(36-23-22-33-32-16-8-9-17-35(32)40-37(33)38-36)34-24-27-12-4-5-13-29(27)30-14-6-7-15-31(30)34/h1-24H. The average molecular weight is 513 g/mol. The number of aromatic nitrogens is 1. The van der Waals surface area contributed by atoms with Crippen LogP contribution in [0.1, 0.15) is 0 Å². The maximum Gasteiger partial charge on any atom is 0.229 e. The van der Waals surface area contributed by atoms with E-state index in [1.165, 1.54) is 32.7 Å². The van der Waals surface area contributed by atoms with Gasteiger partial charge in [-0.2, -0.15) is 4.98 Å². The van der Waals surface area contributed by atoms with Gasteiger partial charge < -0.3 is 4.42 Å². The van der Waals surface area contributed by atoms with Crippen LogP contribution in [0.15, 0.2) is 150 Å². The predicted molar refractivity (Wildman–Crippen MR) is 167 cm³/mol. The van der Waals surface area contributed by atoms with Crippen molar-refractivity contribution < 1.29 is 4.42 Å². The molecule has 2 heterocycles. The van der Waals surface area contributed by atoms with E-state index in [1.807, 2.05) is 24.3 Å². The summed E-state index contributed by atoms with van der Waals surface area (Å²) in [5, 5.41) is 6.90. The van der Waals surface area contributed by atoms with Crippen molar-refractivity contribution >= 4 is 60.8 Å². The van der Waals surface area contributed by atoms with Crippen LogP contribution in [0.25, 0.3) is 54.7 Å². The zero-order chi connectivity index (χ0) is 26.5. The summed E-state index contributed by atoms with van der Waals surface area (Å²) in [4.78, 5) is 7.34. The van der Waals surface area contributed by atoms with E-state index in [2.05, 4.69) is 126 Å². The van der Waals surface area contributed by atoms with Gasteiger partial charge in [0.1, 0.15) is 11.4 Å². The van der Waals surface area contributed by atoms with E-state index in [9.17, 15) is 0 Å². The van der Waals surface area contributed by atoms with Crippen LogP contribution in [0.4, 0.5) is 17.2 Å². The lowest BCUT2D eigenvalue weighted by Gasteiger charge is -2.26. The van der Waals surface area contributed by atoms with E-state index in [-0.39, 0.29) is 0 Å². The maximum atomic E-state index is 6.21. The first-order chi connectivity index (χ1) is 19.8. The summed E-state index contributed by atoms with van der Waals surface area (Å²) in [6.45, 7) is 0. The van der Waals surface area contributed by atoms with Gasteiger partial charge in [0.05, 0.1) is 5.69 Å². The Bertz CT molecular complexity index is 2160. The Balaban J connectivity index is 1.38. The summed E-state index contributed by atoms with van der Waals surface area (Å²) >= 11 is 0. The number of anilines is 3. The maximum absolute atomic E-state index is 6.21. The highest BCUT2D eigenvalue weighted by Crippen LogP contribution is 2.42. The van der Waals surface area contributed by atoms with E-state index in [0.29, 0.717) is 5.71 Å². The second-order valence-corrected chi connectivity index (χ2v) is 10.0. The third kappa shape index (κ3) is 3.63. The highest BCUT2D eigenvalue weighted by Gasteiger charge is 2.20. The van der Waals surface area contributed by atoms with Gasteiger partial charge in [0.15, 0.2) is 0 Å². The van der Waals surface area contributed by atoms with E-state index >= 15 is 0 Å². The van der Waals surface area contributed by atoms with Crippen LogP contribution in [0, 0.1) is 0 Å². The van der Waals surface area contributed by atoms with E-state index in [0.717, 1.165) is 33.5 Å². The van der Waals surface area contributed by atoms with Crippen LogP contribution in [0.5, 0.6) is 0 Å². The molecule has 0 amide bonds. The molecule has 0 spiro atoms. The lowest BCUT2D eigenvalue weighted by molar-refractivity contribution is 0.654. The molecule has 0 radical (unpaired) electrons. The average Bonchev–Trinajstić information content (AvgIpc) is 3.40. The monoisotopic (exact) mass is 512 g/mol. The SMILES string of the molecule is c1ccc(-c2ccc(N(c3ccc4c(n3)oc3ccccc34)c3cc4ccccc4c4ccccc34)cc2)cc1. The largest absolute Gasteiger partial charge is 0.438 e. The highest BCUT2D eigenvalue weighted by atomic mass is 16.3. The number of rotatable bonds is 4. The van der Waals surface area contributed by atoms with Crippen LogP contribution in [0.3, 0.4) is 0 Å². The Labute approximate surface area is 231 Å². The first kappa shape index (κ1) is 22.6. The minimum absolute atomic E-state index is 0.634. The zero-order valence-corrected chi connectivity index (χ0v) is 21.7. The Morgan fingerprint density at radius 1 is 0.475 bits per heavy atom. The van der Waals surface area contributed by atoms with Crippen molar-refractivity contribution in [2.75, 3.05) is 4.90 Å². The minimum atomic E-state index is 0.634. The van der Waals surface area contributed by atoms with Crippen molar-refractivity contribution in [1.82, 2.24) is 4.98 Å². The van der Waals surface area contributed by atoms with Crippen molar-refractivity contribution in [3.63, 3.8) is 0 Å². The minimum Gasteiger partial charge on any atom is -0.438 e. The summed E-state index contributed by atoms with van der Waals surface area (Å²) in [6.07, 6.45) is 0. The van der Waals surface area contributed by atoms with Crippen LogP contribution in [-0.2, 0) is 0 Å². The molecule has 0 fully saturated rings. The summed E-state index contributed by atoms with van der Waals surface area (Å²) in [5.74, 6) is 0.805. The van der Waals surface area contributed by atoms with Crippen LogP contribution in [0.2, 0.25) is 0 Å². The number of pyridine rings is 1. The summed E-state index contributed by atoms with van der Waals surface area (Å²) in [6, 6.07) is 51.0. The quantitative estimate of drug-likeness (QED) is 0.220. The van der Waals surface area contributed by atoms with Gasteiger partial charge >= 0.3 is 0 Å². The van der Waals surface area contributed by atoms with Crippen molar-refractivity contribution in [2.45, 2.75) is 0 Å². The molecule has 0 saturated carbocycles. The molecule has 40 heavy (non-hydrogen) atoms. The Hall–Kier alpha value is -5.41. The summed E-state index contributed by atoms with van der Waals surface area (Å²) in [7, 11) is 0. The molecule has 0 saturated heterocycles. The zero-order valence-electron chi connectivity index (χ0n) is 21.7. The van der Waals surface area contributed by atoms with Gasteiger partial charge in [-0.05, 0) is 63.7 Å². The molecule has 2 aromatic heterocycles. The molecule has 0 aliphatic rings. The Kier molecular flexibility index (Phi) is 5.14. The van der Waals surface area contributed by atoms with E-state index < -0.39 is 0 Å². The molecule has 6 aromatic carbocycles. The van der Waals surface area contributed by atoms with Gasteiger partial charge in [-0.25, -0.2) is 0 Å². The molecule has 188 valence electrons. The van der Waals surface area contributed by atoms with Gasteiger partial charge in [-0.15, -0.1) is 0 Å².